The molecule has 1 amide bonds. The fourth-order valence-corrected chi connectivity index (χ4v) is 3.56. The third kappa shape index (κ3) is 3.41. The van der Waals surface area contributed by atoms with Crippen molar-refractivity contribution in [1.82, 2.24) is 0 Å². The van der Waals surface area contributed by atoms with Crippen molar-refractivity contribution >= 4 is 44.8 Å². The molecule has 110 valence electrons. The van der Waals surface area contributed by atoms with E-state index in [2.05, 4.69) is 0 Å². The lowest BCUT2D eigenvalue weighted by molar-refractivity contribution is -0.117. The highest BCUT2D eigenvalue weighted by Gasteiger charge is 2.34. The molecule has 1 aliphatic heterocycles. The monoisotopic (exact) mass is 340 g/mol. The Kier molecular flexibility index (Phi) is 4.24. The van der Waals surface area contributed by atoms with Crippen molar-refractivity contribution in [2.75, 3.05) is 17.2 Å². The summed E-state index contributed by atoms with van der Waals surface area (Å²) in [5.41, 5.74) is -0.0515. The van der Waals surface area contributed by atoms with Crippen LogP contribution in [-0.2, 0) is 14.8 Å². The van der Waals surface area contributed by atoms with Crippen LogP contribution in [0.25, 0.3) is 0 Å². The number of primary sulfonamides is 1. The minimum atomic E-state index is -3.69. The Labute approximate surface area is 125 Å². The largest absolute Gasteiger partial charge is 0.309 e. The van der Waals surface area contributed by atoms with E-state index in [9.17, 15) is 17.6 Å². The number of sulfonamides is 1. The van der Waals surface area contributed by atoms with Crippen LogP contribution in [0.2, 0.25) is 10.0 Å². The van der Waals surface area contributed by atoms with E-state index in [1.807, 2.05) is 0 Å². The number of nitrogens with two attached hydrogens (primary N) is 1. The lowest BCUT2D eigenvalue weighted by Gasteiger charge is -2.18. The molecule has 1 heterocycles. The van der Waals surface area contributed by atoms with Crippen LogP contribution in [0.5, 0.6) is 0 Å². The second-order valence-electron chi connectivity index (χ2n) is 4.62. The zero-order chi connectivity index (χ0) is 15.1. The molecule has 0 spiro atoms. The van der Waals surface area contributed by atoms with Crippen molar-refractivity contribution < 1.29 is 17.6 Å². The van der Waals surface area contributed by atoms with Gasteiger partial charge >= 0.3 is 0 Å². The van der Waals surface area contributed by atoms with Gasteiger partial charge in [-0.1, -0.05) is 23.2 Å². The quantitative estimate of drug-likeness (QED) is 0.851. The van der Waals surface area contributed by atoms with Crippen LogP contribution >= 0.6 is 23.2 Å². The fourth-order valence-electron chi connectivity index (χ4n) is 2.19. The van der Waals surface area contributed by atoms with Crippen molar-refractivity contribution in [2.24, 2.45) is 11.1 Å². The molecule has 0 radical (unpaired) electrons. The van der Waals surface area contributed by atoms with Crippen LogP contribution in [0.1, 0.15) is 6.42 Å². The summed E-state index contributed by atoms with van der Waals surface area (Å²) in [4.78, 5) is 13.0. The molecule has 20 heavy (non-hydrogen) atoms. The molecule has 1 saturated heterocycles. The van der Waals surface area contributed by atoms with Gasteiger partial charge in [0.1, 0.15) is 0 Å². The standard InChI is InChI=1S/C11H11Cl2FN2O3S/c12-7-2-8(13)11(14)9(3-7)16-4-6(1-10(16)17)5-20(15,18)19/h2-3,6H,1,4-5H2,(H2,15,18,19). The molecule has 1 aromatic carbocycles. The summed E-state index contributed by atoms with van der Waals surface area (Å²) in [6.45, 7) is 0.0584. The number of benzene rings is 1. The maximum atomic E-state index is 13.9. The molecule has 0 bridgehead atoms. The van der Waals surface area contributed by atoms with E-state index in [0.717, 1.165) is 4.90 Å². The molecular weight excluding hydrogens is 330 g/mol. The molecule has 2 rings (SSSR count). The van der Waals surface area contributed by atoms with Crippen molar-refractivity contribution in [3.05, 3.63) is 28.0 Å². The average molecular weight is 341 g/mol. The summed E-state index contributed by atoms with van der Waals surface area (Å²) in [7, 11) is -3.69. The maximum Gasteiger partial charge on any atom is 0.227 e. The second kappa shape index (κ2) is 5.48. The molecular formula is C11H11Cl2FN2O3S. The van der Waals surface area contributed by atoms with Gasteiger partial charge in [-0.2, -0.15) is 0 Å². The third-order valence-corrected chi connectivity index (χ3v) is 4.37. The van der Waals surface area contributed by atoms with Gasteiger partial charge in [0.25, 0.3) is 0 Å². The average Bonchev–Trinajstić information content (AvgIpc) is 2.62. The highest BCUT2D eigenvalue weighted by molar-refractivity contribution is 7.89. The first kappa shape index (κ1) is 15.5. The first-order valence-electron chi connectivity index (χ1n) is 5.63. The Morgan fingerprint density at radius 1 is 1.40 bits per heavy atom. The number of hydrogen-bond acceptors (Lipinski definition) is 3. The molecule has 0 aliphatic carbocycles. The summed E-state index contributed by atoms with van der Waals surface area (Å²) in [6, 6.07) is 2.50. The van der Waals surface area contributed by atoms with Crippen molar-refractivity contribution in [3.8, 4) is 0 Å². The van der Waals surface area contributed by atoms with Crippen LogP contribution in [0.3, 0.4) is 0 Å². The van der Waals surface area contributed by atoms with Gasteiger partial charge in [0.05, 0.1) is 16.5 Å². The summed E-state index contributed by atoms with van der Waals surface area (Å²) < 4.78 is 36.0. The first-order valence-corrected chi connectivity index (χ1v) is 8.10. The highest BCUT2D eigenvalue weighted by Crippen LogP contribution is 2.33. The van der Waals surface area contributed by atoms with E-state index in [1.54, 1.807) is 0 Å². The number of nitrogens with zero attached hydrogens (tertiary/aromatic N) is 1. The Morgan fingerprint density at radius 3 is 2.65 bits per heavy atom. The number of carbonyl (C=O) groups is 1. The van der Waals surface area contributed by atoms with Gasteiger partial charge in [0, 0.05) is 23.9 Å². The van der Waals surface area contributed by atoms with Gasteiger partial charge in [0.15, 0.2) is 5.82 Å². The summed E-state index contributed by atoms with van der Waals surface area (Å²) in [5.74, 6) is -1.96. The number of carbonyl (C=O) groups excluding carboxylic acids is 1. The third-order valence-electron chi connectivity index (χ3n) is 2.94. The highest BCUT2D eigenvalue weighted by atomic mass is 35.5. The van der Waals surface area contributed by atoms with E-state index >= 15 is 0 Å². The molecule has 2 N–H and O–H groups in total. The van der Waals surface area contributed by atoms with Crippen LogP contribution in [0, 0.1) is 11.7 Å². The molecule has 1 fully saturated rings. The Morgan fingerprint density at radius 2 is 2.05 bits per heavy atom. The van der Waals surface area contributed by atoms with E-state index < -0.39 is 27.7 Å². The molecule has 0 aromatic heterocycles. The summed E-state index contributed by atoms with van der Waals surface area (Å²) >= 11 is 11.5. The SMILES string of the molecule is NS(=O)(=O)CC1CC(=O)N(c2cc(Cl)cc(Cl)c2F)C1. The van der Waals surface area contributed by atoms with Gasteiger partial charge < -0.3 is 4.90 Å². The minimum absolute atomic E-state index is 0.0139. The Bertz CT molecular complexity index is 666. The molecule has 1 unspecified atom stereocenters. The van der Waals surface area contributed by atoms with Gasteiger partial charge in [-0.05, 0) is 12.1 Å². The van der Waals surface area contributed by atoms with Crippen LogP contribution in [0.4, 0.5) is 10.1 Å². The predicted molar refractivity (Wildman–Crippen MR) is 74.9 cm³/mol. The molecule has 1 aromatic rings. The van der Waals surface area contributed by atoms with E-state index in [1.165, 1.54) is 12.1 Å². The number of amides is 1. The Balaban J connectivity index is 2.29. The first-order chi connectivity index (χ1) is 9.17. The number of anilines is 1. The lowest BCUT2D eigenvalue weighted by Crippen LogP contribution is -2.28. The zero-order valence-corrected chi connectivity index (χ0v) is 12.5. The van der Waals surface area contributed by atoms with E-state index in [0.29, 0.717) is 0 Å². The van der Waals surface area contributed by atoms with Crippen LogP contribution in [-0.4, -0.2) is 26.6 Å². The second-order valence-corrected chi connectivity index (χ2v) is 7.13. The predicted octanol–water partition coefficient (Wildman–Crippen LogP) is 1.77. The summed E-state index contributed by atoms with van der Waals surface area (Å²) in [5, 5.41) is 4.94. The molecule has 1 atom stereocenters. The molecule has 9 heteroatoms. The van der Waals surface area contributed by atoms with Gasteiger partial charge in [-0.25, -0.2) is 17.9 Å². The van der Waals surface area contributed by atoms with Crippen LogP contribution < -0.4 is 10.0 Å². The number of halogens is 3. The van der Waals surface area contributed by atoms with Gasteiger partial charge in [-0.3, -0.25) is 4.79 Å². The van der Waals surface area contributed by atoms with Crippen molar-refractivity contribution in [2.45, 2.75) is 6.42 Å². The normalized spacial score (nSPS) is 19.7. The van der Waals surface area contributed by atoms with E-state index in [4.69, 9.17) is 28.3 Å². The minimum Gasteiger partial charge on any atom is -0.309 e. The van der Waals surface area contributed by atoms with Gasteiger partial charge in [-0.15, -0.1) is 0 Å². The van der Waals surface area contributed by atoms with E-state index in [-0.39, 0.29) is 34.5 Å². The molecule has 0 saturated carbocycles. The smallest absolute Gasteiger partial charge is 0.227 e. The number of hydrogen-bond donors (Lipinski definition) is 1. The van der Waals surface area contributed by atoms with Gasteiger partial charge in [0.2, 0.25) is 15.9 Å². The van der Waals surface area contributed by atoms with Crippen molar-refractivity contribution in [1.29, 1.82) is 0 Å². The summed E-state index contributed by atoms with van der Waals surface area (Å²) in [6.07, 6.45) is -0.0139. The number of rotatable bonds is 3. The fraction of sp³-hybridized carbons (Fsp3) is 0.364. The molecule has 5 nitrogen and oxygen atoms in total. The van der Waals surface area contributed by atoms with Crippen LogP contribution in [0.15, 0.2) is 12.1 Å². The maximum absolute atomic E-state index is 13.9. The Hall–Kier alpha value is -0.890. The zero-order valence-electron chi connectivity index (χ0n) is 10.1. The molecule has 1 aliphatic rings. The topological polar surface area (TPSA) is 80.5 Å². The lowest BCUT2D eigenvalue weighted by atomic mass is 10.1. The van der Waals surface area contributed by atoms with Crippen molar-refractivity contribution in [3.63, 3.8) is 0 Å².